The summed E-state index contributed by atoms with van der Waals surface area (Å²) >= 11 is 6.22. The van der Waals surface area contributed by atoms with Gasteiger partial charge in [-0.05, 0) is 37.3 Å². The van der Waals surface area contributed by atoms with Gasteiger partial charge in [-0.25, -0.2) is 18.6 Å². The molecule has 2 aromatic carbocycles. The van der Waals surface area contributed by atoms with Crippen LogP contribution in [-0.2, 0) is 0 Å². The maximum atomic E-state index is 15.7. The molecule has 0 atom stereocenters. The first-order chi connectivity index (χ1) is 16.9. The number of aromatic nitrogens is 1. The summed E-state index contributed by atoms with van der Waals surface area (Å²) in [4.78, 5) is 22.4. The van der Waals surface area contributed by atoms with Crippen LogP contribution >= 0.6 is 11.6 Å². The Kier molecular flexibility index (Phi) is 6.01. The second-order valence-corrected chi connectivity index (χ2v) is 8.66. The third-order valence-corrected chi connectivity index (χ3v) is 6.40. The van der Waals surface area contributed by atoms with Gasteiger partial charge in [-0.15, -0.1) is 0 Å². The summed E-state index contributed by atoms with van der Waals surface area (Å²) in [5, 5.41) is 13.1. The van der Waals surface area contributed by atoms with Crippen molar-refractivity contribution in [3.05, 3.63) is 64.8 Å². The molecule has 178 valence electrons. The molecule has 7 nitrogen and oxygen atoms in total. The summed E-state index contributed by atoms with van der Waals surface area (Å²) in [5.41, 5.74) is 1.30. The van der Waals surface area contributed by atoms with E-state index in [-0.39, 0.29) is 17.8 Å². The molecule has 2 amide bonds. The number of nitrogens with one attached hydrogen (secondary N) is 1. The molecule has 5 rings (SSSR count). The predicted octanol–water partition coefficient (Wildman–Crippen LogP) is 5.06. The van der Waals surface area contributed by atoms with Gasteiger partial charge >= 0.3 is 6.03 Å². The summed E-state index contributed by atoms with van der Waals surface area (Å²) in [7, 11) is 0. The second-order valence-electron chi connectivity index (χ2n) is 8.23. The van der Waals surface area contributed by atoms with Crippen LogP contribution in [0.4, 0.5) is 36.5 Å². The molecule has 1 N–H and O–H groups in total. The van der Waals surface area contributed by atoms with Crippen molar-refractivity contribution in [1.29, 1.82) is 5.26 Å². The molecule has 10 heteroatoms. The molecule has 1 aromatic heterocycles. The standard InChI is InChI=1S/C25H21ClF2N6O/c1-2-33-24-19(10-16(26)14-31-24)18-4-3-15(13-29)9-22(18)34(25(33)35)23-20(27)11-17(12-21(23)28)32-7-5-30-6-8-32/h3-4,9-12,14,30H,2,5-8H2,1H3. The number of hydrogen-bond donors (Lipinski definition) is 1. The zero-order chi connectivity index (χ0) is 24.7. The fraction of sp³-hybridized carbons (Fsp3) is 0.240. The van der Waals surface area contributed by atoms with E-state index in [2.05, 4.69) is 10.3 Å². The van der Waals surface area contributed by atoms with E-state index in [1.807, 2.05) is 11.0 Å². The number of benzene rings is 2. The Bertz CT molecular complexity index is 1350. The van der Waals surface area contributed by atoms with Crippen molar-refractivity contribution in [3.8, 4) is 17.2 Å². The lowest BCUT2D eigenvalue weighted by molar-refractivity contribution is 0.253. The zero-order valence-electron chi connectivity index (χ0n) is 18.9. The monoisotopic (exact) mass is 494 g/mol. The number of nitriles is 1. The third-order valence-electron chi connectivity index (χ3n) is 6.19. The number of urea groups is 1. The lowest BCUT2D eigenvalue weighted by atomic mass is 10.0. The Balaban J connectivity index is 1.74. The van der Waals surface area contributed by atoms with E-state index < -0.39 is 23.4 Å². The molecular formula is C25H21ClF2N6O. The zero-order valence-corrected chi connectivity index (χ0v) is 19.6. The molecule has 0 unspecified atom stereocenters. The first-order valence-electron chi connectivity index (χ1n) is 11.2. The van der Waals surface area contributed by atoms with Crippen LogP contribution in [0.5, 0.6) is 0 Å². The number of hydrogen-bond acceptors (Lipinski definition) is 5. The van der Waals surface area contributed by atoms with Gasteiger partial charge in [-0.2, -0.15) is 5.26 Å². The van der Waals surface area contributed by atoms with E-state index in [1.165, 1.54) is 29.3 Å². The highest BCUT2D eigenvalue weighted by Gasteiger charge is 2.36. The van der Waals surface area contributed by atoms with Crippen LogP contribution in [0.1, 0.15) is 12.5 Å². The Labute approximate surface area is 206 Å². The van der Waals surface area contributed by atoms with Crippen molar-refractivity contribution in [2.75, 3.05) is 47.4 Å². The van der Waals surface area contributed by atoms with Crippen molar-refractivity contribution in [2.45, 2.75) is 6.92 Å². The van der Waals surface area contributed by atoms with E-state index in [4.69, 9.17) is 11.6 Å². The van der Waals surface area contributed by atoms with Crippen molar-refractivity contribution in [1.82, 2.24) is 10.3 Å². The molecule has 0 aliphatic carbocycles. The van der Waals surface area contributed by atoms with Crippen LogP contribution in [0.15, 0.2) is 42.6 Å². The van der Waals surface area contributed by atoms with Gasteiger partial charge < -0.3 is 10.2 Å². The van der Waals surface area contributed by atoms with Crippen LogP contribution in [0.2, 0.25) is 5.02 Å². The number of amides is 2. The fourth-order valence-corrected chi connectivity index (χ4v) is 4.70. The first kappa shape index (κ1) is 23.0. The highest BCUT2D eigenvalue weighted by Crippen LogP contribution is 2.45. The van der Waals surface area contributed by atoms with Crippen LogP contribution in [0.3, 0.4) is 0 Å². The highest BCUT2D eigenvalue weighted by atomic mass is 35.5. The number of nitrogens with zero attached hydrogens (tertiary/aromatic N) is 5. The van der Waals surface area contributed by atoms with Crippen molar-refractivity contribution >= 4 is 40.5 Å². The molecule has 2 aliphatic heterocycles. The molecule has 2 aliphatic rings. The van der Waals surface area contributed by atoms with Gasteiger partial charge in [0.25, 0.3) is 0 Å². The molecule has 3 aromatic rings. The Hall–Kier alpha value is -3.74. The van der Waals surface area contributed by atoms with Gasteiger partial charge in [-0.3, -0.25) is 9.80 Å². The molecule has 3 heterocycles. The number of fused-ring (bicyclic) bond motifs is 3. The SMILES string of the molecule is CCN1C(=O)N(c2c(F)cc(N3CCNCC3)cc2F)c2cc(C#N)ccc2-c2cc(Cl)cnc21. The minimum atomic E-state index is -0.881. The summed E-state index contributed by atoms with van der Waals surface area (Å²) < 4.78 is 31.3. The summed E-state index contributed by atoms with van der Waals surface area (Å²) in [6.45, 7) is 4.57. The lowest BCUT2D eigenvalue weighted by Gasteiger charge is -2.31. The smallest absolute Gasteiger partial charge is 0.334 e. The molecule has 0 spiro atoms. The average Bonchev–Trinajstić information content (AvgIpc) is 2.96. The van der Waals surface area contributed by atoms with Gasteiger partial charge in [0.05, 0.1) is 22.3 Å². The summed E-state index contributed by atoms with van der Waals surface area (Å²) in [5.74, 6) is -1.45. The van der Waals surface area contributed by atoms with E-state index in [0.717, 1.165) is 4.90 Å². The largest absolute Gasteiger partial charge is 0.369 e. The van der Waals surface area contributed by atoms with Crippen LogP contribution in [0.25, 0.3) is 11.1 Å². The number of rotatable bonds is 3. The van der Waals surface area contributed by atoms with Crippen LogP contribution in [-0.4, -0.2) is 43.7 Å². The van der Waals surface area contributed by atoms with Crippen molar-refractivity contribution in [3.63, 3.8) is 0 Å². The Morgan fingerprint density at radius 1 is 1.11 bits per heavy atom. The first-order valence-corrected chi connectivity index (χ1v) is 11.6. The molecule has 1 saturated heterocycles. The van der Waals surface area contributed by atoms with Gasteiger partial charge in [-0.1, -0.05) is 17.7 Å². The minimum Gasteiger partial charge on any atom is -0.369 e. The van der Waals surface area contributed by atoms with Crippen LogP contribution < -0.4 is 20.0 Å². The van der Waals surface area contributed by atoms with Gasteiger partial charge in [0.15, 0.2) is 11.6 Å². The number of anilines is 4. The Morgan fingerprint density at radius 2 is 1.83 bits per heavy atom. The maximum absolute atomic E-state index is 15.7. The Morgan fingerprint density at radius 3 is 2.49 bits per heavy atom. The molecule has 0 saturated carbocycles. The second kappa shape index (κ2) is 9.13. The molecule has 1 fully saturated rings. The number of halogens is 3. The molecule has 0 radical (unpaired) electrons. The molecule has 0 bridgehead atoms. The normalized spacial score (nSPS) is 15.4. The van der Waals surface area contributed by atoms with E-state index in [1.54, 1.807) is 25.1 Å². The summed E-state index contributed by atoms with van der Waals surface area (Å²) in [6, 6.07) is 10.1. The number of carbonyl (C=O) groups excluding carboxylic acids is 1. The van der Waals surface area contributed by atoms with E-state index in [9.17, 15) is 10.1 Å². The molecular weight excluding hydrogens is 474 g/mol. The quantitative estimate of drug-likeness (QED) is 0.551. The topological polar surface area (TPSA) is 75.5 Å². The predicted molar refractivity (Wildman–Crippen MR) is 131 cm³/mol. The van der Waals surface area contributed by atoms with Gasteiger partial charge in [0.2, 0.25) is 0 Å². The molecule has 35 heavy (non-hydrogen) atoms. The summed E-state index contributed by atoms with van der Waals surface area (Å²) in [6.07, 6.45) is 1.42. The van der Waals surface area contributed by atoms with E-state index in [0.29, 0.717) is 53.8 Å². The highest BCUT2D eigenvalue weighted by molar-refractivity contribution is 6.31. The van der Waals surface area contributed by atoms with E-state index >= 15 is 8.78 Å². The number of piperazine rings is 1. The van der Waals surface area contributed by atoms with Gasteiger partial charge in [0.1, 0.15) is 11.5 Å². The van der Waals surface area contributed by atoms with Gasteiger partial charge in [0, 0.05) is 55.7 Å². The number of pyridine rings is 1. The van der Waals surface area contributed by atoms with Crippen molar-refractivity contribution < 1.29 is 13.6 Å². The maximum Gasteiger partial charge on any atom is 0.334 e. The minimum absolute atomic E-state index is 0.169. The van der Waals surface area contributed by atoms with Crippen LogP contribution in [0, 0.1) is 23.0 Å². The fourth-order valence-electron chi connectivity index (χ4n) is 4.55. The average molecular weight is 495 g/mol. The number of carbonyl (C=O) groups is 1. The van der Waals surface area contributed by atoms with Crippen molar-refractivity contribution in [2.24, 2.45) is 0 Å². The lowest BCUT2D eigenvalue weighted by Crippen LogP contribution is -2.44. The third kappa shape index (κ3) is 3.95.